The van der Waals surface area contributed by atoms with E-state index in [0.29, 0.717) is 11.8 Å². The topological polar surface area (TPSA) is 49.4 Å². The highest BCUT2D eigenvalue weighted by molar-refractivity contribution is 7.89. The molecule has 0 spiro atoms. The third-order valence-electron chi connectivity index (χ3n) is 4.89. The van der Waals surface area contributed by atoms with E-state index in [4.69, 9.17) is 0 Å². The summed E-state index contributed by atoms with van der Waals surface area (Å²) in [7, 11) is -3.04. The largest absolute Gasteiger partial charge is 0.314 e. The number of hydrogen-bond acceptors (Lipinski definition) is 3. The van der Waals surface area contributed by atoms with E-state index >= 15 is 0 Å². The fourth-order valence-electron chi connectivity index (χ4n) is 2.94. The molecule has 2 aliphatic rings. The highest BCUT2D eigenvalue weighted by atomic mass is 32.2. The van der Waals surface area contributed by atoms with Crippen molar-refractivity contribution in [2.45, 2.75) is 58.4 Å². The van der Waals surface area contributed by atoms with Gasteiger partial charge in [-0.25, -0.2) is 12.7 Å². The Hall–Kier alpha value is -0.130. The smallest absolute Gasteiger partial charge is 0.214 e. The molecule has 0 radical (unpaired) electrons. The molecule has 0 aromatic heterocycles. The van der Waals surface area contributed by atoms with Crippen molar-refractivity contribution in [3.63, 3.8) is 0 Å². The van der Waals surface area contributed by atoms with Gasteiger partial charge in [-0.1, -0.05) is 13.8 Å². The highest BCUT2D eigenvalue weighted by Gasteiger charge is 2.39. The maximum absolute atomic E-state index is 12.3. The molecule has 2 rings (SSSR count). The minimum Gasteiger partial charge on any atom is -0.314 e. The van der Waals surface area contributed by atoms with Gasteiger partial charge in [-0.2, -0.15) is 0 Å². The number of sulfonamides is 1. The van der Waals surface area contributed by atoms with Crippen LogP contribution in [0.1, 0.15) is 52.4 Å². The van der Waals surface area contributed by atoms with E-state index in [1.807, 2.05) is 0 Å². The Morgan fingerprint density at radius 1 is 1.26 bits per heavy atom. The molecule has 5 heteroatoms. The predicted octanol–water partition coefficient (Wildman–Crippen LogP) is 1.97. The van der Waals surface area contributed by atoms with Crippen LogP contribution in [0.4, 0.5) is 0 Å². The maximum atomic E-state index is 12.3. The summed E-state index contributed by atoms with van der Waals surface area (Å²) in [4.78, 5) is 0. The molecular formula is C14H28N2O2S. The summed E-state index contributed by atoms with van der Waals surface area (Å²) in [5.41, 5.74) is 0.235. The molecule has 1 N–H and O–H groups in total. The van der Waals surface area contributed by atoms with Gasteiger partial charge in [0.15, 0.2) is 0 Å². The second-order valence-corrected chi connectivity index (χ2v) is 8.28. The van der Waals surface area contributed by atoms with Gasteiger partial charge in [0.05, 0.1) is 5.75 Å². The first kappa shape index (κ1) is 15.3. The lowest BCUT2D eigenvalue weighted by Gasteiger charge is -2.26. The Kier molecular flexibility index (Phi) is 4.90. The lowest BCUT2D eigenvalue weighted by Crippen LogP contribution is -2.34. The summed E-state index contributed by atoms with van der Waals surface area (Å²) in [6.45, 7) is 6.65. The third-order valence-corrected chi connectivity index (χ3v) is 6.79. The van der Waals surface area contributed by atoms with Crippen molar-refractivity contribution in [2.24, 2.45) is 5.41 Å². The number of hydrogen-bond donors (Lipinski definition) is 1. The van der Waals surface area contributed by atoms with Crippen molar-refractivity contribution < 1.29 is 8.42 Å². The molecule has 1 aliphatic heterocycles. The van der Waals surface area contributed by atoms with E-state index < -0.39 is 10.0 Å². The molecule has 0 aromatic rings. The summed E-state index contributed by atoms with van der Waals surface area (Å²) < 4.78 is 26.4. The van der Waals surface area contributed by atoms with Crippen LogP contribution in [0.2, 0.25) is 0 Å². The zero-order valence-corrected chi connectivity index (χ0v) is 13.1. The van der Waals surface area contributed by atoms with Crippen molar-refractivity contribution in [3.05, 3.63) is 0 Å². The standard InChI is InChI=1S/C14H28N2O2S/c1-3-14(4-2)8-10-16(12-14)19(17,18)11-5-9-15-13-6-7-13/h13,15H,3-12H2,1-2H3. The van der Waals surface area contributed by atoms with Gasteiger partial charge >= 0.3 is 0 Å². The summed E-state index contributed by atoms with van der Waals surface area (Å²) in [6.07, 6.45) is 6.44. The van der Waals surface area contributed by atoms with Crippen LogP contribution in [0, 0.1) is 5.41 Å². The number of nitrogens with one attached hydrogen (secondary N) is 1. The molecule has 1 heterocycles. The minimum atomic E-state index is -3.04. The molecule has 1 saturated heterocycles. The molecule has 0 aromatic carbocycles. The Bertz CT molecular complexity index is 386. The van der Waals surface area contributed by atoms with Gasteiger partial charge in [-0.3, -0.25) is 0 Å². The van der Waals surface area contributed by atoms with Gasteiger partial charge in [-0.15, -0.1) is 0 Å². The summed E-state index contributed by atoms with van der Waals surface area (Å²) in [6, 6.07) is 0.669. The molecule has 0 atom stereocenters. The van der Waals surface area contributed by atoms with E-state index in [1.54, 1.807) is 4.31 Å². The SMILES string of the molecule is CCC1(CC)CCN(S(=O)(=O)CCCNC2CC2)C1. The average Bonchev–Trinajstić information content (AvgIpc) is 3.11. The molecule has 0 amide bonds. The number of nitrogens with zero attached hydrogens (tertiary/aromatic N) is 1. The van der Waals surface area contributed by atoms with Gasteiger partial charge in [-0.05, 0) is 50.5 Å². The molecule has 4 nitrogen and oxygen atoms in total. The van der Waals surface area contributed by atoms with E-state index in [9.17, 15) is 8.42 Å². The summed E-state index contributed by atoms with van der Waals surface area (Å²) >= 11 is 0. The quantitative estimate of drug-likeness (QED) is 0.695. The lowest BCUT2D eigenvalue weighted by molar-refractivity contribution is 0.279. The molecule has 19 heavy (non-hydrogen) atoms. The van der Waals surface area contributed by atoms with Crippen molar-refractivity contribution in [1.29, 1.82) is 0 Å². The maximum Gasteiger partial charge on any atom is 0.214 e. The van der Waals surface area contributed by atoms with Crippen LogP contribution < -0.4 is 5.32 Å². The molecule has 1 aliphatic carbocycles. The third kappa shape index (κ3) is 3.92. The van der Waals surface area contributed by atoms with Crippen molar-refractivity contribution >= 4 is 10.0 Å². The fraction of sp³-hybridized carbons (Fsp3) is 1.00. The number of rotatable bonds is 8. The Labute approximate surface area is 118 Å². The molecular weight excluding hydrogens is 260 g/mol. The first-order valence-electron chi connectivity index (χ1n) is 7.72. The summed E-state index contributed by atoms with van der Waals surface area (Å²) in [5, 5.41) is 3.38. The molecule has 0 unspecified atom stereocenters. The van der Waals surface area contributed by atoms with Crippen LogP contribution in [-0.2, 0) is 10.0 Å². The molecule has 1 saturated carbocycles. The monoisotopic (exact) mass is 288 g/mol. The van der Waals surface area contributed by atoms with E-state index in [-0.39, 0.29) is 5.41 Å². The normalized spacial score (nSPS) is 23.9. The van der Waals surface area contributed by atoms with Crippen molar-refractivity contribution in [1.82, 2.24) is 9.62 Å². The van der Waals surface area contributed by atoms with Gasteiger partial charge in [0.25, 0.3) is 0 Å². The van der Waals surface area contributed by atoms with Gasteiger partial charge in [0.1, 0.15) is 0 Å². The highest BCUT2D eigenvalue weighted by Crippen LogP contribution is 2.38. The molecule has 0 bridgehead atoms. The van der Waals surface area contributed by atoms with Crippen molar-refractivity contribution in [3.8, 4) is 0 Å². The zero-order chi connectivity index (χ0) is 13.9. The van der Waals surface area contributed by atoms with Gasteiger partial charge in [0, 0.05) is 19.1 Å². The first-order valence-corrected chi connectivity index (χ1v) is 9.33. The average molecular weight is 288 g/mol. The van der Waals surface area contributed by atoms with Crippen molar-refractivity contribution in [2.75, 3.05) is 25.4 Å². The minimum absolute atomic E-state index is 0.235. The zero-order valence-electron chi connectivity index (χ0n) is 12.3. The van der Waals surface area contributed by atoms with Crippen LogP contribution >= 0.6 is 0 Å². The fourth-order valence-corrected chi connectivity index (χ4v) is 4.54. The Morgan fingerprint density at radius 2 is 1.95 bits per heavy atom. The van der Waals surface area contributed by atoms with E-state index in [1.165, 1.54) is 12.8 Å². The predicted molar refractivity (Wildman–Crippen MR) is 78.6 cm³/mol. The van der Waals surface area contributed by atoms with E-state index in [2.05, 4.69) is 19.2 Å². The Balaban J connectivity index is 1.78. The second-order valence-electron chi connectivity index (χ2n) is 6.19. The van der Waals surface area contributed by atoms with Gasteiger partial charge < -0.3 is 5.32 Å². The van der Waals surface area contributed by atoms with Crippen LogP contribution in [0.5, 0.6) is 0 Å². The van der Waals surface area contributed by atoms with Crippen LogP contribution in [0.25, 0.3) is 0 Å². The Morgan fingerprint density at radius 3 is 2.47 bits per heavy atom. The van der Waals surface area contributed by atoms with Gasteiger partial charge in [0.2, 0.25) is 10.0 Å². The van der Waals surface area contributed by atoms with Crippen LogP contribution in [-0.4, -0.2) is 44.2 Å². The molecule has 2 fully saturated rings. The van der Waals surface area contributed by atoms with Crippen LogP contribution in [0.3, 0.4) is 0 Å². The second kappa shape index (κ2) is 6.10. The van der Waals surface area contributed by atoms with Crippen LogP contribution in [0.15, 0.2) is 0 Å². The van der Waals surface area contributed by atoms with E-state index in [0.717, 1.165) is 45.3 Å². The lowest BCUT2D eigenvalue weighted by atomic mass is 9.82. The summed E-state index contributed by atoms with van der Waals surface area (Å²) in [5.74, 6) is 0.302. The molecule has 112 valence electrons. The first-order chi connectivity index (χ1) is 9.01.